The van der Waals surface area contributed by atoms with Crippen molar-refractivity contribution in [1.29, 1.82) is 0 Å². The number of hydrogen-bond acceptors (Lipinski definition) is 6. The number of hydrogen-bond donors (Lipinski definition) is 2. The van der Waals surface area contributed by atoms with Gasteiger partial charge in [0, 0.05) is 28.7 Å². The van der Waals surface area contributed by atoms with Gasteiger partial charge in [0.15, 0.2) is 5.54 Å². The van der Waals surface area contributed by atoms with Gasteiger partial charge < -0.3 is 24.7 Å². The summed E-state index contributed by atoms with van der Waals surface area (Å²) in [6, 6.07) is 7.57. The Morgan fingerprint density at radius 3 is 2.61 bits per heavy atom. The van der Waals surface area contributed by atoms with Crippen LogP contribution in [0.25, 0.3) is 5.69 Å². The molecule has 2 amide bonds. The van der Waals surface area contributed by atoms with Crippen molar-refractivity contribution in [2.75, 3.05) is 19.5 Å². The summed E-state index contributed by atoms with van der Waals surface area (Å²) in [6.07, 6.45) is 3.30. The number of nitrogens with one attached hydrogen (secondary N) is 2. The van der Waals surface area contributed by atoms with E-state index in [1.807, 2.05) is 42.7 Å². The van der Waals surface area contributed by atoms with E-state index in [-0.39, 0.29) is 23.7 Å². The van der Waals surface area contributed by atoms with Crippen LogP contribution in [0.2, 0.25) is 0 Å². The van der Waals surface area contributed by atoms with Gasteiger partial charge in [-0.3, -0.25) is 9.59 Å². The van der Waals surface area contributed by atoms with Crippen molar-refractivity contribution < 1.29 is 19.1 Å². The second-order valence-electron chi connectivity index (χ2n) is 7.78. The monoisotopic (exact) mass is 419 g/mol. The van der Waals surface area contributed by atoms with E-state index >= 15 is 0 Å². The number of carbonyl (C=O) groups is 2. The number of fused-ring (bicyclic) bond motifs is 4. The molecule has 4 heterocycles. The van der Waals surface area contributed by atoms with Crippen LogP contribution in [0, 0.1) is 0 Å². The van der Waals surface area contributed by atoms with Gasteiger partial charge in [-0.15, -0.1) is 0 Å². The van der Waals surface area contributed by atoms with Crippen LogP contribution in [-0.4, -0.2) is 40.6 Å². The zero-order valence-corrected chi connectivity index (χ0v) is 17.5. The van der Waals surface area contributed by atoms with Gasteiger partial charge in [0.05, 0.1) is 26.0 Å². The van der Waals surface area contributed by atoms with Crippen molar-refractivity contribution in [3.05, 3.63) is 59.0 Å². The molecule has 9 nitrogen and oxygen atoms in total. The third-order valence-electron chi connectivity index (χ3n) is 5.78. The topological polar surface area (TPSA) is 107 Å². The number of rotatable bonds is 4. The third-order valence-corrected chi connectivity index (χ3v) is 5.78. The average molecular weight is 419 g/mol. The number of para-hydroxylation sites is 1. The first-order valence-electron chi connectivity index (χ1n) is 9.87. The smallest absolute Gasteiger partial charge is 0.319 e. The van der Waals surface area contributed by atoms with Gasteiger partial charge in [0.1, 0.15) is 5.69 Å². The van der Waals surface area contributed by atoms with E-state index in [9.17, 15) is 9.59 Å². The molecule has 1 unspecified atom stereocenters. The number of aromatic nitrogens is 3. The number of nitrogens with zero attached hydrogens (tertiary/aromatic N) is 3. The van der Waals surface area contributed by atoms with Gasteiger partial charge >= 0.3 is 6.01 Å². The van der Waals surface area contributed by atoms with Gasteiger partial charge in [-0.2, -0.15) is 4.98 Å². The summed E-state index contributed by atoms with van der Waals surface area (Å²) in [7, 11) is 2.98. The van der Waals surface area contributed by atoms with Gasteiger partial charge in [0.25, 0.3) is 11.8 Å². The minimum Gasteiger partial charge on any atom is -0.479 e. The molecular formula is C22H21N5O4. The van der Waals surface area contributed by atoms with Gasteiger partial charge in [0.2, 0.25) is 5.88 Å². The fourth-order valence-electron chi connectivity index (χ4n) is 4.54. The highest BCUT2D eigenvalue weighted by Gasteiger charge is 2.57. The molecule has 0 radical (unpaired) electrons. The van der Waals surface area contributed by atoms with Gasteiger partial charge in [-0.05, 0) is 12.0 Å². The van der Waals surface area contributed by atoms with E-state index in [1.54, 1.807) is 12.4 Å². The number of carbonyl (C=O) groups excluding carboxylic acids is 2. The number of anilines is 1. The number of ether oxygens (including phenoxy) is 2. The van der Waals surface area contributed by atoms with E-state index in [1.165, 1.54) is 14.2 Å². The Labute approximate surface area is 178 Å². The van der Waals surface area contributed by atoms with Crippen LogP contribution < -0.4 is 20.1 Å². The minimum absolute atomic E-state index is 0.0271. The maximum absolute atomic E-state index is 13.3. The second kappa shape index (κ2) is 6.56. The van der Waals surface area contributed by atoms with Crippen LogP contribution in [0.15, 0.2) is 36.7 Å². The van der Waals surface area contributed by atoms with Crippen molar-refractivity contribution in [3.8, 4) is 17.6 Å². The first-order chi connectivity index (χ1) is 14.9. The molecule has 5 rings (SSSR count). The lowest BCUT2D eigenvalue weighted by atomic mass is 9.83. The Bertz CT molecular complexity index is 1250. The SMILES string of the molecule is COc1ncc(-n2cc3c(c2C(C)C)C2(NC3=O)C(=O)Nc3ccccc32)c(OC)n1. The molecule has 0 aliphatic carbocycles. The fourth-order valence-corrected chi connectivity index (χ4v) is 4.54. The highest BCUT2D eigenvalue weighted by atomic mass is 16.5. The fraction of sp³-hybridized carbons (Fsp3) is 0.273. The molecule has 1 spiro atoms. The minimum atomic E-state index is -1.28. The molecule has 1 atom stereocenters. The standard InChI is InChI=1S/C22H21N5O4/c1-11(2)17-16-12(10-27(17)15-9-23-21(31-4)25-19(15)30-3)18(28)26-22(16)13-7-5-6-8-14(13)24-20(22)29/h5-11H,1-4H3,(H,24,29)(H,26,28). The quantitative estimate of drug-likeness (QED) is 0.672. The lowest BCUT2D eigenvalue weighted by Gasteiger charge is -2.26. The zero-order chi connectivity index (χ0) is 21.9. The predicted molar refractivity (Wildman–Crippen MR) is 112 cm³/mol. The molecule has 2 aliphatic heterocycles. The molecule has 158 valence electrons. The van der Waals surface area contributed by atoms with E-state index in [4.69, 9.17) is 9.47 Å². The maximum atomic E-state index is 13.3. The van der Waals surface area contributed by atoms with E-state index in [0.717, 1.165) is 11.3 Å². The molecule has 31 heavy (non-hydrogen) atoms. The van der Waals surface area contributed by atoms with Gasteiger partial charge in [-0.1, -0.05) is 32.0 Å². The van der Waals surface area contributed by atoms with Crippen LogP contribution in [0.3, 0.4) is 0 Å². The Kier molecular flexibility index (Phi) is 4.04. The van der Waals surface area contributed by atoms with Crippen molar-refractivity contribution in [1.82, 2.24) is 19.9 Å². The van der Waals surface area contributed by atoms with Crippen LogP contribution in [-0.2, 0) is 10.3 Å². The van der Waals surface area contributed by atoms with E-state index < -0.39 is 5.54 Å². The van der Waals surface area contributed by atoms with Crippen LogP contribution in [0.5, 0.6) is 11.9 Å². The second-order valence-corrected chi connectivity index (χ2v) is 7.78. The summed E-state index contributed by atoms with van der Waals surface area (Å²) < 4.78 is 12.4. The van der Waals surface area contributed by atoms with Crippen molar-refractivity contribution in [3.63, 3.8) is 0 Å². The normalized spacial score (nSPS) is 18.7. The highest BCUT2D eigenvalue weighted by Crippen LogP contribution is 2.49. The van der Waals surface area contributed by atoms with Crippen molar-refractivity contribution in [2.24, 2.45) is 0 Å². The number of amides is 2. The molecule has 9 heteroatoms. The molecule has 0 saturated carbocycles. The van der Waals surface area contributed by atoms with Crippen LogP contribution in [0.1, 0.15) is 46.9 Å². The Balaban J connectivity index is 1.82. The molecular weight excluding hydrogens is 398 g/mol. The zero-order valence-electron chi connectivity index (χ0n) is 17.5. The van der Waals surface area contributed by atoms with E-state index in [2.05, 4.69) is 20.6 Å². The molecule has 0 fully saturated rings. The average Bonchev–Trinajstić information content (AvgIpc) is 3.39. The predicted octanol–water partition coefficient (Wildman–Crippen LogP) is 2.35. The summed E-state index contributed by atoms with van der Waals surface area (Å²) in [5, 5.41) is 5.87. The molecule has 2 aliphatic rings. The molecule has 2 N–H and O–H groups in total. The largest absolute Gasteiger partial charge is 0.479 e. The number of methoxy groups -OCH3 is 2. The first kappa shape index (κ1) is 19.1. The molecule has 0 saturated heterocycles. The summed E-state index contributed by atoms with van der Waals surface area (Å²) >= 11 is 0. The molecule has 1 aromatic carbocycles. The summed E-state index contributed by atoms with van der Waals surface area (Å²) in [5.74, 6) is -0.317. The summed E-state index contributed by atoms with van der Waals surface area (Å²) in [4.78, 5) is 34.8. The Morgan fingerprint density at radius 2 is 1.90 bits per heavy atom. The lowest BCUT2D eigenvalue weighted by Crippen LogP contribution is -2.47. The molecule has 0 bridgehead atoms. The summed E-state index contributed by atoms with van der Waals surface area (Å²) in [5.41, 5.74) is 2.57. The first-order valence-corrected chi connectivity index (χ1v) is 9.87. The van der Waals surface area contributed by atoms with Crippen molar-refractivity contribution >= 4 is 17.5 Å². The highest BCUT2D eigenvalue weighted by molar-refractivity contribution is 6.16. The third kappa shape index (κ3) is 2.43. The van der Waals surface area contributed by atoms with Crippen molar-refractivity contribution in [2.45, 2.75) is 25.3 Å². The van der Waals surface area contributed by atoms with Gasteiger partial charge in [-0.25, -0.2) is 4.98 Å². The Hall–Kier alpha value is -3.88. The maximum Gasteiger partial charge on any atom is 0.319 e. The number of benzene rings is 1. The Morgan fingerprint density at radius 1 is 1.13 bits per heavy atom. The lowest BCUT2D eigenvalue weighted by molar-refractivity contribution is -0.120. The molecule has 2 aromatic heterocycles. The van der Waals surface area contributed by atoms with Crippen LogP contribution >= 0.6 is 0 Å². The summed E-state index contributed by atoms with van der Waals surface area (Å²) in [6.45, 7) is 4.02. The molecule has 3 aromatic rings. The van der Waals surface area contributed by atoms with E-state index in [0.29, 0.717) is 28.4 Å². The van der Waals surface area contributed by atoms with Crippen LogP contribution in [0.4, 0.5) is 5.69 Å².